The van der Waals surface area contributed by atoms with Crippen molar-refractivity contribution < 1.29 is 0 Å². The molecule has 102 valence electrons. The van der Waals surface area contributed by atoms with Gasteiger partial charge in [0.05, 0.1) is 5.69 Å². The Labute approximate surface area is 110 Å². The second kappa shape index (κ2) is 5.85. The molecule has 1 aromatic rings. The van der Waals surface area contributed by atoms with Crippen molar-refractivity contribution in [2.24, 2.45) is 7.05 Å². The summed E-state index contributed by atoms with van der Waals surface area (Å²) in [5.74, 6) is 0. The molecule has 0 bridgehead atoms. The van der Waals surface area contributed by atoms with Gasteiger partial charge in [0.15, 0.2) is 0 Å². The minimum Gasteiger partial charge on any atom is -0.311 e. The van der Waals surface area contributed by atoms with E-state index in [-0.39, 0.29) is 0 Å². The SMILES string of the molecule is Cc1nn(C)cc1CN1CCCC(NC(C)C)C1. The summed E-state index contributed by atoms with van der Waals surface area (Å²) in [4.78, 5) is 2.55. The Bertz CT molecular complexity index is 383. The third-order valence-corrected chi connectivity index (χ3v) is 3.58. The summed E-state index contributed by atoms with van der Waals surface area (Å²) in [6.07, 6.45) is 4.75. The monoisotopic (exact) mass is 250 g/mol. The largest absolute Gasteiger partial charge is 0.311 e. The highest BCUT2D eigenvalue weighted by atomic mass is 15.3. The quantitative estimate of drug-likeness (QED) is 0.883. The van der Waals surface area contributed by atoms with Crippen molar-refractivity contribution in [3.05, 3.63) is 17.5 Å². The molecule has 1 aliphatic rings. The van der Waals surface area contributed by atoms with Crippen LogP contribution in [0.4, 0.5) is 0 Å². The van der Waals surface area contributed by atoms with Crippen molar-refractivity contribution >= 4 is 0 Å². The molecule has 2 heterocycles. The molecule has 1 saturated heterocycles. The van der Waals surface area contributed by atoms with E-state index in [2.05, 4.69) is 42.3 Å². The zero-order chi connectivity index (χ0) is 13.1. The Kier molecular flexibility index (Phi) is 4.40. The van der Waals surface area contributed by atoms with Crippen LogP contribution in [-0.4, -0.2) is 39.9 Å². The first kappa shape index (κ1) is 13.6. The molecule has 0 radical (unpaired) electrons. The fourth-order valence-electron chi connectivity index (χ4n) is 2.85. The molecule has 0 spiro atoms. The van der Waals surface area contributed by atoms with E-state index in [1.165, 1.54) is 24.9 Å². The number of hydrogen-bond acceptors (Lipinski definition) is 3. The maximum Gasteiger partial charge on any atom is 0.0638 e. The van der Waals surface area contributed by atoms with Crippen LogP contribution in [0.5, 0.6) is 0 Å². The van der Waals surface area contributed by atoms with E-state index in [4.69, 9.17) is 0 Å². The summed E-state index contributed by atoms with van der Waals surface area (Å²) in [6.45, 7) is 9.96. The second-order valence-electron chi connectivity index (χ2n) is 5.81. The Morgan fingerprint density at radius 1 is 1.50 bits per heavy atom. The van der Waals surface area contributed by atoms with Gasteiger partial charge in [-0.25, -0.2) is 0 Å². The van der Waals surface area contributed by atoms with Crippen molar-refractivity contribution in [1.29, 1.82) is 0 Å². The molecule has 4 heteroatoms. The summed E-state index contributed by atoms with van der Waals surface area (Å²) in [5.41, 5.74) is 2.53. The predicted octanol–water partition coefficient (Wildman–Crippen LogP) is 1.69. The van der Waals surface area contributed by atoms with Crippen LogP contribution in [-0.2, 0) is 13.6 Å². The lowest BCUT2D eigenvalue weighted by Gasteiger charge is -2.34. The number of aromatic nitrogens is 2. The van der Waals surface area contributed by atoms with Crippen LogP contribution < -0.4 is 5.32 Å². The van der Waals surface area contributed by atoms with E-state index in [0.29, 0.717) is 12.1 Å². The van der Waals surface area contributed by atoms with Gasteiger partial charge in [-0.1, -0.05) is 13.8 Å². The molecule has 4 nitrogen and oxygen atoms in total. The predicted molar refractivity (Wildman–Crippen MR) is 74.5 cm³/mol. The Balaban J connectivity index is 1.91. The highest BCUT2D eigenvalue weighted by Gasteiger charge is 2.21. The number of nitrogens with one attached hydrogen (secondary N) is 1. The van der Waals surface area contributed by atoms with Crippen molar-refractivity contribution in [3.8, 4) is 0 Å². The smallest absolute Gasteiger partial charge is 0.0638 e. The van der Waals surface area contributed by atoms with E-state index < -0.39 is 0 Å². The number of aryl methyl sites for hydroxylation is 2. The molecule has 1 atom stereocenters. The van der Waals surface area contributed by atoms with Crippen LogP contribution in [0, 0.1) is 6.92 Å². The van der Waals surface area contributed by atoms with Gasteiger partial charge in [0.2, 0.25) is 0 Å². The minimum atomic E-state index is 0.579. The molecular weight excluding hydrogens is 224 g/mol. The van der Waals surface area contributed by atoms with Gasteiger partial charge in [-0.3, -0.25) is 9.58 Å². The van der Waals surface area contributed by atoms with Crippen LogP contribution in [0.25, 0.3) is 0 Å². The number of piperidine rings is 1. The molecule has 1 fully saturated rings. The molecule has 1 aromatic heterocycles. The third kappa shape index (κ3) is 3.56. The van der Waals surface area contributed by atoms with Gasteiger partial charge in [-0.05, 0) is 26.3 Å². The number of likely N-dealkylation sites (tertiary alicyclic amines) is 1. The number of hydrogen-bond donors (Lipinski definition) is 1. The molecule has 0 aliphatic carbocycles. The molecule has 1 N–H and O–H groups in total. The zero-order valence-electron chi connectivity index (χ0n) is 12.1. The first-order chi connectivity index (χ1) is 8.54. The second-order valence-corrected chi connectivity index (χ2v) is 5.81. The normalized spacial score (nSPS) is 21.7. The Hall–Kier alpha value is -0.870. The van der Waals surface area contributed by atoms with Crippen LogP contribution in [0.2, 0.25) is 0 Å². The van der Waals surface area contributed by atoms with E-state index in [0.717, 1.165) is 18.8 Å². The summed E-state index contributed by atoms with van der Waals surface area (Å²) >= 11 is 0. The molecule has 0 aromatic carbocycles. The van der Waals surface area contributed by atoms with E-state index in [1.807, 2.05) is 11.7 Å². The first-order valence-electron chi connectivity index (χ1n) is 7.02. The average Bonchev–Trinajstić information content (AvgIpc) is 2.57. The van der Waals surface area contributed by atoms with Crippen molar-refractivity contribution in [1.82, 2.24) is 20.0 Å². The molecule has 18 heavy (non-hydrogen) atoms. The van der Waals surface area contributed by atoms with Gasteiger partial charge in [0.1, 0.15) is 0 Å². The van der Waals surface area contributed by atoms with Crippen LogP contribution >= 0.6 is 0 Å². The summed E-state index contributed by atoms with van der Waals surface area (Å²) in [5, 5.41) is 8.07. The van der Waals surface area contributed by atoms with Crippen molar-refractivity contribution in [2.75, 3.05) is 13.1 Å². The van der Waals surface area contributed by atoms with Crippen LogP contribution in [0.3, 0.4) is 0 Å². The van der Waals surface area contributed by atoms with Gasteiger partial charge < -0.3 is 5.32 Å². The van der Waals surface area contributed by atoms with Crippen LogP contribution in [0.1, 0.15) is 37.9 Å². The lowest BCUT2D eigenvalue weighted by atomic mass is 10.0. The lowest BCUT2D eigenvalue weighted by Crippen LogP contribution is -2.47. The highest BCUT2D eigenvalue weighted by molar-refractivity contribution is 5.15. The van der Waals surface area contributed by atoms with E-state index in [9.17, 15) is 0 Å². The lowest BCUT2D eigenvalue weighted by molar-refractivity contribution is 0.178. The molecule has 0 saturated carbocycles. The molecule has 0 amide bonds. The van der Waals surface area contributed by atoms with Gasteiger partial charge in [-0.2, -0.15) is 5.10 Å². The molecule has 1 aliphatic heterocycles. The summed E-state index contributed by atoms with van der Waals surface area (Å²) in [7, 11) is 2.00. The Morgan fingerprint density at radius 2 is 2.28 bits per heavy atom. The molecular formula is C14H26N4. The topological polar surface area (TPSA) is 33.1 Å². The molecule has 2 rings (SSSR count). The van der Waals surface area contributed by atoms with Crippen molar-refractivity contribution in [2.45, 2.75) is 52.2 Å². The number of rotatable bonds is 4. The van der Waals surface area contributed by atoms with Crippen LogP contribution in [0.15, 0.2) is 6.20 Å². The van der Waals surface area contributed by atoms with E-state index in [1.54, 1.807) is 0 Å². The van der Waals surface area contributed by atoms with E-state index >= 15 is 0 Å². The first-order valence-corrected chi connectivity index (χ1v) is 7.02. The van der Waals surface area contributed by atoms with Gasteiger partial charge in [-0.15, -0.1) is 0 Å². The average molecular weight is 250 g/mol. The maximum atomic E-state index is 4.42. The summed E-state index contributed by atoms with van der Waals surface area (Å²) in [6, 6.07) is 1.23. The Morgan fingerprint density at radius 3 is 2.89 bits per heavy atom. The van der Waals surface area contributed by atoms with Gasteiger partial charge in [0, 0.05) is 44.0 Å². The molecule has 1 unspecified atom stereocenters. The van der Waals surface area contributed by atoms with Gasteiger partial charge >= 0.3 is 0 Å². The zero-order valence-corrected chi connectivity index (χ0v) is 12.1. The third-order valence-electron chi connectivity index (χ3n) is 3.58. The maximum absolute atomic E-state index is 4.42. The standard InChI is InChI=1S/C14H26N4/c1-11(2)15-14-6-5-7-18(10-14)9-13-8-17(4)16-12(13)3/h8,11,14-15H,5-7,9-10H2,1-4H3. The van der Waals surface area contributed by atoms with Crippen molar-refractivity contribution in [3.63, 3.8) is 0 Å². The minimum absolute atomic E-state index is 0.579. The van der Waals surface area contributed by atoms with Gasteiger partial charge in [0.25, 0.3) is 0 Å². The fraction of sp³-hybridized carbons (Fsp3) is 0.786. The fourth-order valence-corrected chi connectivity index (χ4v) is 2.85. The summed E-state index contributed by atoms with van der Waals surface area (Å²) < 4.78 is 1.92. The number of nitrogens with zero attached hydrogens (tertiary/aromatic N) is 3. The highest BCUT2D eigenvalue weighted by Crippen LogP contribution is 2.15.